The molecule has 2 nitrogen and oxygen atoms in total. The molecular formula is C18H22N2S3. The number of hydrogen-bond donors (Lipinski definition) is 0. The molecule has 1 unspecified atom stereocenters. The van der Waals surface area contributed by atoms with Crippen molar-refractivity contribution in [1.29, 1.82) is 0 Å². The number of hydrogen-bond acceptors (Lipinski definition) is 5. The van der Waals surface area contributed by atoms with Gasteiger partial charge in [-0.15, -0.1) is 22.7 Å². The Bertz CT molecular complexity index is 692. The average Bonchev–Trinajstić information content (AvgIpc) is 3.29. The summed E-state index contributed by atoms with van der Waals surface area (Å²) in [5.74, 6) is 0. The van der Waals surface area contributed by atoms with Gasteiger partial charge < -0.3 is 0 Å². The molecule has 0 aromatic carbocycles. The Morgan fingerprint density at radius 3 is 2.17 bits per heavy atom. The summed E-state index contributed by atoms with van der Waals surface area (Å²) in [6.45, 7) is 11.6. The van der Waals surface area contributed by atoms with Crippen molar-refractivity contribution in [2.24, 2.45) is 0 Å². The van der Waals surface area contributed by atoms with E-state index in [4.69, 9.17) is 4.98 Å². The van der Waals surface area contributed by atoms with Gasteiger partial charge in [-0.1, -0.05) is 34.6 Å². The third-order valence-corrected chi connectivity index (χ3v) is 8.02. The zero-order chi connectivity index (χ0) is 16.7. The summed E-state index contributed by atoms with van der Waals surface area (Å²) in [5.41, 5.74) is 4.06. The Balaban J connectivity index is 2.24. The summed E-state index contributed by atoms with van der Waals surface area (Å²) in [7, 11) is 0. The van der Waals surface area contributed by atoms with Crippen LogP contribution in [0.15, 0.2) is 39.3 Å². The zero-order valence-electron chi connectivity index (χ0n) is 14.2. The Kier molecular flexibility index (Phi) is 4.23. The topological polar surface area (TPSA) is 25.8 Å². The Morgan fingerprint density at radius 1 is 0.870 bits per heavy atom. The standard InChI is InChI=1S/C18H22N2S3/c1-16(2,13-6-8-21-10-13)18(5,14-11-22-12-20-14)17(3,4)15-19-7-9-23-15/h6-12H,1-5H3. The largest absolute Gasteiger partial charge is 0.249 e. The van der Waals surface area contributed by atoms with E-state index in [1.54, 1.807) is 34.0 Å². The molecule has 23 heavy (non-hydrogen) atoms. The highest BCUT2D eigenvalue weighted by Crippen LogP contribution is 2.55. The molecule has 3 rings (SSSR count). The van der Waals surface area contributed by atoms with E-state index in [0.29, 0.717) is 0 Å². The Morgan fingerprint density at radius 2 is 1.65 bits per heavy atom. The molecule has 0 bridgehead atoms. The average molecular weight is 363 g/mol. The van der Waals surface area contributed by atoms with E-state index in [2.05, 4.69) is 67.2 Å². The van der Waals surface area contributed by atoms with Crippen molar-refractivity contribution < 1.29 is 0 Å². The first-order valence-electron chi connectivity index (χ1n) is 7.63. The first-order chi connectivity index (χ1) is 10.8. The van der Waals surface area contributed by atoms with Crippen LogP contribution in [0.25, 0.3) is 0 Å². The maximum atomic E-state index is 4.74. The van der Waals surface area contributed by atoms with Crippen LogP contribution in [0.1, 0.15) is 50.9 Å². The molecule has 0 spiro atoms. The van der Waals surface area contributed by atoms with Gasteiger partial charge in [-0.2, -0.15) is 11.3 Å². The first kappa shape index (κ1) is 16.8. The molecule has 122 valence electrons. The minimum atomic E-state index is -0.182. The second-order valence-corrected chi connectivity index (χ2v) is 9.49. The summed E-state index contributed by atoms with van der Waals surface area (Å²) in [5, 5.41) is 9.85. The number of thiophene rings is 1. The quantitative estimate of drug-likeness (QED) is 0.567. The Labute approximate surface area is 150 Å². The third-order valence-electron chi connectivity index (χ3n) is 5.65. The van der Waals surface area contributed by atoms with Gasteiger partial charge in [0.15, 0.2) is 0 Å². The summed E-state index contributed by atoms with van der Waals surface area (Å²) >= 11 is 5.16. The lowest BCUT2D eigenvalue weighted by molar-refractivity contribution is 0.157. The van der Waals surface area contributed by atoms with Gasteiger partial charge in [0, 0.05) is 33.2 Å². The van der Waals surface area contributed by atoms with Gasteiger partial charge in [-0.05, 0) is 22.4 Å². The van der Waals surface area contributed by atoms with Gasteiger partial charge in [-0.3, -0.25) is 0 Å². The fourth-order valence-corrected chi connectivity index (χ4v) is 5.89. The van der Waals surface area contributed by atoms with Crippen LogP contribution in [0.2, 0.25) is 0 Å². The van der Waals surface area contributed by atoms with Gasteiger partial charge in [-0.25, -0.2) is 9.97 Å². The van der Waals surface area contributed by atoms with Crippen LogP contribution in [0, 0.1) is 0 Å². The van der Waals surface area contributed by atoms with E-state index in [1.165, 1.54) is 5.56 Å². The van der Waals surface area contributed by atoms with E-state index in [-0.39, 0.29) is 16.2 Å². The smallest absolute Gasteiger partial charge is 0.0990 e. The minimum absolute atomic E-state index is 0.0732. The van der Waals surface area contributed by atoms with Gasteiger partial charge in [0.25, 0.3) is 0 Å². The highest BCUT2D eigenvalue weighted by Gasteiger charge is 2.56. The monoisotopic (exact) mass is 362 g/mol. The maximum absolute atomic E-state index is 4.74. The summed E-state index contributed by atoms with van der Waals surface area (Å²) in [6.07, 6.45) is 1.90. The molecule has 0 aliphatic carbocycles. The predicted octanol–water partition coefficient (Wildman–Crippen LogP) is 5.87. The van der Waals surface area contributed by atoms with E-state index < -0.39 is 0 Å². The van der Waals surface area contributed by atoms with Crippen LogP contribution in [-0.4, -0.2) is 9.97 Å². The third kappa shape index (κ3) is 2.41. The molecule has 3 heterocycles. The SMILES string of the molecule is CC(C)(c1ccsc1)C(C)(c1cscn1)C(C)(C)c1nccs1. The van der Waals surface area contributed by atoms with Crippen molar-refractivity contribution in [3.05, 3.63) is 55.6 Å². The van der Waals surface area contributed by atoms with Crippen LogP contribution in [-0.2, 0) is 16.2 Å². The lowest BCUT2D eigenvalue weighted by atomic mass is 9.51. The van der Waals surface area contributed by atoms with Crippen LogP contribution in [0.5, 0.6) is 0 Å². The molecule has 0 aliphatic rings. The van der Waals surface area contributed by atoms with Crippen molar-refractivity contribution in [3.63, 3.8) is 0 Å². The van der Waals surface area contributed by atoms with Crippen molar-refractivity contribution in [2.45, 2.75) is 50.9 Å². The number of rotatable bonds is 5. The number of aromatic nitrogens is 2. The predicted molar refractivity (Wildman–Crippen MR) is 102 cm³/mol. The fraction of sp³-hybridized carbons (Fsp3) is 0.444. The van der Waals surface area contributed by atoms with E-state index in [1.807, 2.05) is 11.7 Å². The van der Waals surface area contributed by atoms with Crippen LogP contribution >= 0.6 is 34.0 Å². The normalized spacial score (nSPS) is 15.5. The maximum Gasteiger partial charge on any atom is 0.0990 e. The molecule has 0 saturated carbocycles. The fourth-order valence-electron chi connectivity index (χ4n) is 3.54. The Hall–Kier alpha value is -1.04. The molecule has 0 radical (unpaired) electrons. The summed E-state index contributed by atoms with van der Waals surface area (Å²) in [6, 6.07) is 2.24. The number of nitrogens with zero attached hydrogens (tertiary/aromatic N) is 2. The van der Waals surface area contributed by atoms with Gasteiger partial charge >= 0.3 is 0 Å². The first-order valence-corrected chi connectivity index (χ1v) is 10.4. The van der Waals surface area contributed by atoms with Crippen LogP contribution < -0.4 is 0 Å². The highest BCUT2D eigenvalue weighted by atomic mass is 32.1. The van der Waals surface area contributed by atoms with Crippen molar-refractivity contribution in [1.82, 2.24) is 9.97 Å². The van der Waals surface area contributed by atoms with Gasteiger partial charge in [0.1, 0.15) is 0 Å². The molecular weight excluding hydrogens is 340 g/mol. The number of thiazole rings is 2. The molecule has 5 heteroatoms. The minimum Gasteiger partial charge on any atom is -0.249 e. The van der Waals surface area contributed by atoms with Crippen LogP contribution in [0.4, 0.5) is 0 Å². The van der Waals surface area contributed by atoms with E-state index >= 15 is 0 Å². The summed E-state index contributed by atoms with van der Waals surface area (Å²) in [4.78, 5) is 9.39. The van der Waals surface area contributed by atoms with E-state index in [0.717, 1.165) is 10.7 Å². The second-order valence-electron chi connectivity index (χ2n) is 7.10. The molecule has 1 atom stereocenters. The molecule has 0 amide bonds. The zero-order valence-corrected chi connectivity index (χ0v) is 16.6. The van der Waals surface area contributed by atoms with Gasteiger partial charge in [0.05, 0.1) is 16.2 Å². The molecule has 0 N–H and O–H groups in total. The molecule has 3 aromatic rings. The molecule has 0 aliphatic heterocycles. The molecule has 3 aromatic heterocycles. The van der Waals surface area contributed by atoms with Crippen molar-refractivity contribution >= 4 is 34.0 Å². The lowest BCUT2D eigenvalue weighted by Crippen LogP contribution is -2.55. The molecule has 0 saturated heterocycles. The van der Waals surface area contributed by atoms with E-state index in [9.17, 15) is 0 Å². The van der Waals surface area contributed by atoms with Crippen molar-refractivity contribution in [3.8, 4) is 0 Å². The summed E-state index contributed by atoms with van der Waals surface area (Å²) < 4.78 is 0. The van der Waals surface area contributed by atoms with Gasteiger partial charge in [0.2, 0.25) is 0 Å². The second kappa shape index (κ2) is 5.80. The molecule has 0 fully saturated rings. The van der Waals surface area contributed by atoms with Crippen LogP contribution in [0.3, 0.4) is 0 Å². The lowest BCUT2D eigenvalue weighted by Gasteiger charge is -2.52. The highest BCUT2D eigenvalue weighted by molar-refractivity contribution is 7.09. The van der Waals surface area contributed by atoms with Crippen molar-refractivity contribution in [2.75, 3.05) is 0 Å².